The first kappa shape index (κ1) is 18.8. The summed E-state index contributed by atoms with van der Waals surface area (Å²) >= 11 is 1.61. The Kier molecular flexibility index (Phi) is 5.98. The predicted molar refractivity (Wildman–Crippen MR) is 109 cm³/mol. The Bertz CT molecular complexity index is 934. The molecule has 27 heavy (non-hydrogen) atoms. The molecular weight excluding hydrogens is 358 g/mol. The molecule has 2 aromatic carbocycles. The Morgan fingerprint density at radius 2 is 1.67 bits per heavy atom. The Hall–Kier alpha value is -2.99. The van der Waals surface area contributed by atoms with Crippen molar-refractivity contribution in [3.63, 3.8) is 0 Å². The van der Waals surface area contributed by atoms with Crippen LogP contribution in [0.5, 0.6) is 0 Å². The molecule has 0 spiro atoms. The van der Waals surface area contributed by atoms with Gasteiger partial charge in [0, 0.05) is 29.1 Å². The van der Waals surface area contributed by atoms with Gasteiger partial charge < -0.3 is 10.6 Å². The van der Waals surface area contributed by atoms with Crippen LogP contribution in [0.3, 0.4) is 0 Å². The summed E-state index contributed by atoms with van der Waals surface area (Å²) in [4.78, 5) is 29.7. The molecule has 0 saturated carbocycles. The van der Waals surface area contributed by atoms with E-state index in [-0.39, 0.29) is 0 Å². The van der Waals surface area contributed by atoms with Crippen LogP contribution in [0.4, 0.5) is 5.69 Å². The van der Waals surface area contributed by atoms with Crippen LogP contribution in [0.1, 0.15) is 16.1 Å². The van der Waals surface area contributed by atoms with Crippen LogP contribution < -0.4 is 10.6 Å². The third-order valence-corrected chi connectivity index (χ3v) is 5.33. The van der Waals surface area contributed by atoms with Crippen molar-refractivity contribution in [2.45, 2.75) is 20.3 Å². The van der Waals surface area contributed by atoms with Gasteiger partial charge >= 0.3 is 11.8 Å². The maximum Gasteiger partial charge on any atom is 0.313 e. The van der Waals surface area contributed by atoms with E-state index in [1.165, 1.54) is 0 Å². The molecule has 3 rings (SSSR count). The van der Waals surface area contributed by atoms with Gasteiger partial charge in [0.2, 0.25) is 0 Å². The van der Waals surface area contributed by atoms with Crippen molar-refractivity contribution < 1.29 is 9.59 Å². The Balaban J connectivity index is 1.52. The summed E-state index contributed by atoms with van der Waals surface area (Å²) in [5.41, 5.74) is 3.73. The second kappa shape index (κ2) is 8.60. The molecule has 3 aromatic rings. The molecule has 0 fully saturated rings. The zero-order valence-electron chi connectivity index (χ0n) is 15.3. The lowest BCUT2D eigenvalue weighted by Crippen LogP contribution is -2.36. The fourth-order valence-electron chi connectivity index (χ4n) is 2.56. The smallest absolute Gasteiger partial charge is 0.313 e. The van der Waals surface area contributed by atoms with Gasteiger partial charge in [0.1, 0.15) is 5.01 Å². The van der Waals surface area contributed by atoms with Crippen molar-refractivity contribution in [3.8, 4) is 10.6 Å². The number of hydrogen-bond donors (Lipinski definition) is 2. The van der Waals surface area contributed by atoms with Crippen LogP contribution in [0.15, 0.2) is 54.6 Å². The quantitative estimate of drug-likeness (QED) is 0.664. The van der Waals surface area contributed by atoms with E-state index >= 15 is 0 Å². The average molecular weight is 379 g/mol. The minimum Gasteiger partial charge on any atom is -0.347 e. The van der Waals surface area contributed by atoms with E-state index in [1.54, 1.807) is 23.5 Å². The van der Waals surface area contributed by atoms with Crippen LogP contribution >= 0.6 is 11.3 Å². The molecule has 0 unspecified atom stereocenters. The Morgan fingerprint density at radius 1 is 0.963 bits per heavy atom. The monoisotopic (exact) mass is 379 g/mol. The van der Waals surface area contributed by atoms with Crippen molar-refractivity contribution in [3.05, 3.63) is 70.7 Å². The summed E-state index contributed by atoms with van der Waals surface area (Å²) in [5.74, 6) is -1.30. The van der Waals surface area contributed by atoms with Gasteiger partial charge in [0.05, 0.1) is 5.69 Å². The summed E-state index contributed by atoms with van der Waals surface area (Å²) < 4.78 is 0. The standard InChI is InChI=1S/C21H21N3O2S/c1-14-8-10-17(11-9-14)24-20(26)19(25)22-13-12-18-15(2)23-21(27-18)16-6-4-3-5-7-16/h3-11H,12-13H2,1-2H3,(H,22,25)(H,24,26). The SMILES string of the molecule is Cc1ccc(NC(=O)C(=O)NCCc2sc(-c3ccccc3)nc2C)cc1. The fourth-order valence-corrected chi connectivity index (χ4v) is 3.63. The molecule has 138 valence electrons. The number of carbonyl (C=O) groups is 2. The van der Waals surface area contributed by atoms with E-state index in [2.05, 4.69) is 15.6 Å². The zero-order chi connectivity index (χ0) is 19.2. The van der Waals surface area contributed by atoms with Crippen LogP contribution in [0.25, 0.3) is 10.6 Å². The van der Waals surface area contributed by atoms with Crippen LogP contribution in [0, 0.1) is 13.8 Å². The maximum absolute atomic E-state index is 12.0. The molecule has 0 radical (unpaired) electrons. The van der Waals surface area contributed by atoms with Crippen molar-refractivity contribution in [2.75, 3.05) is 11.9 Å². The molecule has 0 bridgehead atoms. The molecule has 0 aliphatic carbocycles. The molecule has 0 aliphatic heterocycles. The topological polar surface area (TPSA) is 71.1 Å². The molecule has 2 N–H and O–H groups in total. The number of nitrogens with zero attached hydrogens (tertiary/aromatic N) is 1. The summed E-state index contributed by atoms with van der Waals surface area (Å²) in [7, 11) is 0. The number of amides is 2. The number of benzene rings is 2. The van der Waals surface area contributed by atoms with E-state index in [0.717, 1.165) is 26.7 Å². The normalized spacial score (nSPS) is 10.4. The molecule has 1 aromatic heterocycles. The van der Waals surface area contributed by atoms with E-state index in [0.29, 0.717) is 18.7 Å². The van der Waals surface area contributed by atoms with Gasteiger partial charge in [-0.2, -0.15) is 0 Å². The number of carbonyl (C=O) groups excluding carboxylic acids is 2. The number of aromatic nitrogens is 1. The molecule has 2 amide bonds. The molecular formula is C21H21N3O2S. The van der Waals surface area contributed by atoms with E-state index in [9.17, 15) is 9.59 Å². The van der Waals surface area contributed by atoms with Crippen molar-refractivity contribution in [1.82, 2.24) is 10.3 Å². The van der Waals surface area contributed by atoms with Crippen molar-refractivity contribution in [2.24, 2.45) is 0 Å². The minimum absolute atomic E-state index is 0.386. The molecule has 0 aliphatic rings. The number of thiazole rings is 1. The lowest BCUT2D eigenvalue weighted by atomic mass is 10.2. The molecule has 5 nitrogen and oxygen atoms in total. The van der Waals surface area contributed by atoms with Gasteiger partial charge in [0.25, 0.3) is 0 Å². The summed E-state index contributed by atoms with van der Waals surface area (Å²) in [5, 5.41) is 6.22. The van der Waals surface area contributed by atoms with Crippen molar-refractivity contribution in [1.29, 1.82) is 0 Å². The highest BCUT2D eigenvalue weighted by atomic mass is 32.1. The lowest BCUT2D eigenvalue weighted by molar-refractivity contribution is -0.136. The van der Waals surface area contributed by atoms with Gasteiger partial charge in [-0.1, -0.05) is 48.0 Å². The molecule has 1 heterocycles. The summed E-state index contributed by atoms with van der Waals surface area (Å²) in [6.07, 6.45) is 0.639. The first-order chi connectivity index (χ1) is 13.0. The van der Waals surface area contributed by atoms with Crippen LogP contribution in [-0.4, -0.2) is 23.3 Å². The predicted octanol–water partition coefficient (Wildman–Crippen LogP) is 3.72. The van der Waals surface area contributed by atoms with Crippen LogP contribution in [-0.2, 0) is 16.0 Å². The maximum atomic E-state index is 12.0. The number of anilines is 1. The number of aryl methyl sites for hydroxylation is 2. The minimum atomic E-state index is -0.662. The molecule has 6 heteroatoms. The summed E-state index contributed by atoms with van der Waals surface area (Å²) in [6, 6.07) is 17.3. The van der Waals surface area contributed by atoms with Gasteiger partial charge in [-0.05, 0) is 26.0 Å². The van der Waals surface area contributed by atoms with Gasteiger partial charge in [-0.15, -0.1) is 11.3 Å². The Labute approximate surface area is 162 Å². The zero-order valence-corrected chi connectivity index (χ0v) is 16.1. The highest BCUT2D eigenvalue weighted by molar-refractivity contribution is 7.15. The highest BCUT2D eigenvalue weighted by Gasteiger charge is 2.14. The summed E-state index contributed by atoms with van der Waals surface area (Å²) in [6.45, 7) is 4.31. The lowest BCUT2D eigenvalue weighted by Gasteiger charge is -2.06. The van der Waals surface area contributed by atoms with Gasteiger partial charge in [0.15, 0.2) is 0 Å². The van der Waals surface area contributed by atoms with Gasteiger partial charge in [-0.3, -0.25) is 9.59 Å². The number of rotatable bonds is 5. The average Bonchev–Trinajstić information content (AvgIpc) is 3.05. The van der Waals surface area contributed by atoms with E-state index in [1.807, 2.05) is 56.3 Å². The van der Waals surface area contributed by atoms with E-state index in [4.69, 9.17) is 0 Å². The largest absolute Gasteiger partial charge is 0.347 e. The Morgan fingerprint density at radius 3 is 2.37 bits per heavy atom. The van der Waals surface area contributed by atoms with Crippen molar-refractivity contribution >= 4 is 28.8 Å². The second-order valence-corrected chi connectivity index (χ2v) is 7.30. The van der Waals surface area contributed by atoms with Gasteiger partial charge in [-0.25, -0.2) is 4.98 Å². The first-order valence-electron chi connectivity index (χ1n) is 8.70. The molecule has 0 saturated heterocycles. The van der Waals surface area contributed by atoms with Crippen LogP contribution in [0.2, 0.25) is 0 Å². The third-order valence-electron chi connectivity index (χ3n) is 4.07. The number of nitrogens with one attached hydrogen (secondary N) is 2. The number of hydrogen-bond acceptors (Lipinski definition) is 4. The second-order valence-electron chi connectivity index (χ2n) is 6.22. The molecule has 0 atom stereocenters. The third kappa shape index (κ3) is 5.01. The fraction of sp³-hybridized carbons (Fsp3) is 0.190. The first-order valence-corrected chi connectivity index (χ1v) is 9.52. The van der Waals surface area contributed by atoms with E-state index < -0.39 is 11.8 Å². The highest BCUT2D eigenvalue weighted by Crippen LogP contribution is 2.27.